The molecule has 0 amide bonds. The molecular weight excluding hydrogens is 514 g/mol. The minimum atomic E-state index is 0.106. The van der Waals surface area contributed by atoms with Crippen LogP contribution in [0.5, 0.6) is 0 Å². The average molecular weight is 556 g/mol. The first kappa shape index (κ1) is 29.1. The highest BCUT2D eigenvalue weighted by atomic mass is 14.2. The van der Waals surface area contributed by atoms with Gasteiger partial charge in [0.2, 0.25) is 13.4 Å². The molecule has 2 heteroatoms. The summed E-state index contributed by atoms with van der Waals surface area (Å²) in [6.07, 6.45) is 2.52. The van der Waals surface area contributed by atoms with Crippen LogP contribution < -0.4 is 27.3 Å². The summed E-state index contributed by atoms with van der Waals surface area (Å²) in [5.41, 5.74) is 23.3. The van der Waals surface area contributed by atoms with Gasteiger partial charge in [-0.15, -0.1) is 0 Å². The van der Waals surface area contributed by atoms with E-state index in [0.717, 1.165) is 0 Å². The van der Waals surface area contributed by atoms with Crippen LogP contribution in [0.25, 0.3) is 11.5 Å². The molecule has 0 saturated carbocycles. The molecule has 5 aromatic rings. The fourth-order valence-electron chi connectivity index (χ4n) is 8.27. The van der Waals surface area contributed by atoms with E-state index in [-0.39, 0.29) is 13.4 Å². The predicted molar refractivity (Wildman–Crippen MR) is 192 cm³/mol. The Kier molecular flexibility index (Phi) is 7.59. The zero-order chi connectivity index (χ0) is 30.6. The van der Waals surface area contributed by atoms with Crippen molar-refractivity contribution in [2.24, 2.45) is 0 Å². The number of hydrogen-bond donors (Lipinski definition) is 0. The lowest BCUT2D eigenvalue weighted by Crippen LogP contribution is -2.56. The van der Waals surface area contributed by atoms with E-state index in [1.807, 2.05) is 0 Å². The molecule has 0 aliphatic carbocycles. The lowest BCUT2D eigenvalue weighted by molar-refractivity contribution is 1.34. The minimum absolute atomic E-state index is 0.106. The molecule has 0 radical (unpaired) electrons. The van der Waals surface area contributed by atoms with Crippen molar-refractivity contribution < 1.29 is 0 Å². The number of rotatable bonds is 4. The lowest BCUT2D eigenvalue weighted by Gasteiger charge is -2.28. The van der Waals surface area contributed by atoms with Gasteiger partial charge in [-0.25, -0.2) is 0 Å². The molecule has 43 heavy (non-hydrogen) atoms. The zero-order valence-electron chi connectivity index (χ0n) is 27.3. The summed E-state index contributed by atoms with van der Waals surface area (Å²) in [4.78, 5) is 0. The van der Waals surface area contributed by atoms with Crippen molar-refractivity contribution in [2.45, 2.75) is 62.3 Å². The molecule has 0 saturated heterocycles. The number of hydrogen-bond acceptors (Lipinski definition) is 0. The third-order valence-electron chi connectivity index (χ3n) is 9.59. The van der Waals surface area contributed by atoms with Crippen LogP contribution in [0, 0.1) is 62.3 Å². The van der Waals surface area contributed by atoms with E-state index in [1.165, 1.54) is 94.0 Å². The van der Waals surface area contributed by atoms with E-state index in [2.05, 4.69) is 153 Å². The number of fused-ring (bicyclic) bond motifs is 2. The van der Waals surface area contributed by atoms with E-state index in [1.54, 1.807) is 0 Å². The van der Waals surface area contributed by atoms with Crippen molar-refractivity contribution >= 4 is 52.3 Å². The van der Waals surface area contributed by atoms with Gasteiger partial charge in [0.25, 0.3) is 0 Å². The summed E-state index contributed by atoms with van der Waals surface area (Å²) >= 11 is 0. The molecule has 1 aliphatic heterocycles. The van der Waals surface area contributed by atoms with Gasteiger partial charge in [-0.2, -0.15) is 0 Å². The van der Waals surface area contributed by atoms with E-state index < -0.39 is 0 Å². The first-order valence-corrected chi connectivity index (χ1v) is 15.7. The number of aryl methyl sites for hydroxylation is 9. The Morgan fingerprint density at radius 3 is 1.40 bits per heavy atom. The van der Waals surface area contributed by atoms with E-state index in [9.17, 15) is 0 Å². The summed E-state index contributed by atoms with van der Waals surface area (Å²) in [6, 6.07) is 32.5. The third-order valence-corrected chi connectivity index (χ3v) is 9.59. The Morgan fingerprint density at radius 1 is 0.465 bits per heavy atom. The van der Waals surface area contributed by atoms with Crippen molar-refractivity contribution in [1.82, 2.24) is 0 Å². The van der Waals surface area contributed by atoms with Crippen LogP contribution in [0.1, 0.15) is 61.2 Å². The molecular formula is C41H42B2. The van der Waals surface area contributed by atoms with Gasteiger partial charge in [0.05, 0.1) is 0 Å². The number of benzene rings is 5. The summed E-state index contributed by atoms with van der Waals surface area (Å²) in [7, 11) is 0. The molecule has 0 fully saturated rings. The standard InChI is InChI=1S/C41H42B2/c1-25-18-28(4)39(29(5)19-25)42-36-16-12-10-14-34(36)24-38(35-15-11-13-17-37(35)42)43(40-30(6)20-26(2)21-31(40)7)41-32(8)22-27(3)23-33(41)9/h10-24H,1-9H3. The van der Waals surface area contributed by atoms with Crippen molar-refractivity contribution in [1.29, 1.82) is 0 Å². The molecule has 1 heterocycles. The first-order chi connectivity index (χ1) is 20.5. The molecule has 0 nitrogen and oxygen atoms in total. The molecule has 0 N–H and O–H groups in total. The maximum atomic E-state index is 2.52. The van der Waals surface area contributed by atoms with E-state index in [4.69, 9.17) is 0 Å². The van der Waals surface area contributed by atoms with Crippen LogP contribution in [0.15, 0.2) is 84.9 Å². The second-order valence-corrected chi connectivity index (χ2v) is 13.1. The smallest absolute Gasteiger partial charge is 0.0664 e. The fourth-order valence-corrected chi connectivity index (χ4v) is 8.27. The second kappa shape index (κ2) is 11.2. The second-order valence-electron chi connectivity index (χ2n) is 13.1. The summed E-state index contributed by atoms with van der Waals surface area (Å²) in [5.74, 6) is 0. The Balaban J connectivity index is 1.74. The normalized spacial score (nSPS) is 12.4. The van der Waals surface area contributed by atoms with Gasteiger partial charge >= 0.3 is 0 Å². The highest BCUT2D eigenvalue weighted by Crippen LogP contribution is 2.27. The molecule has 1 aliphatic rings. The van der Waals surface area contributed by atoms with Gasteiger partial charge in [-0.3, -0.25) is 0 Å². The summed E-state index contributed by atoms with van der Waals surface area (Å²) < 4.78 is 0. The van der Waals surface area contributed by atoms with Gasteiger partial charge in [-0.05, 0) is 73.4 Å². The Hall–Kier alpha value is -4.03. The monoisotopic (exact) mass is 556 g/mol. The van der Waals surface area contributed by atoms with E-state index >= 15 is 0 Å². The molecule has 0 unspecified atom stereocenters. The minimum Gasteiger partial charge on any atom is -0.0664 e. The van der Waals surface area contributed by atoms with Gasteiger partial charge in [0, 0.05) is 0 Å². The van der Waals surface area contributed by atoms with Crippen molar-refractivity contribution in [3.05, 3.63) is 146 Å². The van der Waals surface area contributed by atoms with Crippen molar-refractivity contribution in [3.63, 3.8) is 0 Å². The Labute approximate surface area is 260 Å². The van der Waals surface area contributed by atoms with Crippen molar-refractivity contribution in [3.8, 4) is 0 Å². The maximum Gasteiger partial charge on any atom is 0.243 e. The Bertz CT molecular complexity index is 1800. The van der Waals surface area contributed by atoms with Gasteiger partial charge in [0.15, 0.2) is 0 Å². The fraction of sp³-hybridized carbons (Fsp3) is 0.220. The summed E-state index contributed by atoms with van der Waals surface area (Å²) in [6.45, 7) is 20.7. The quantitative estimate of drug-likeness (QED) is 0.217. The lowest BCUT2D eigenvalue weighted by atomic mass is 9.30. The van der Waals surface area contributed by atoms with Crippen LogP contribution in [0.4, 0.5) is 0 Å². The van der Waals surface area contributed by atoms with Crippen LogP contribution in [-0.4, -0.2) is 13.4 Å². The summed E-state index contributed by atoms with van der Waals surface area (Å²) in [5, 5.41) is 0. The molecule has 212 valence electrons. The Morgan fingerprint density at radius 2 is 0.884 bits per heavy atom. The molecule has 0 atom stereocenters. The van der Waals surface area contributed by atoms with Crippen LogP contribution in [0.3, 0.4) is 0 Å². The molecule has 0 aromatic heterocycles. The third kappa shape index (κ3) is 5.12. The largest absolute Gasteiger partial charge is 0.243 e. The maximum absolute atomic E-state index is 2.52. The van der Waals surface area contributed by atoms with Gasteiger partial charge in [0.1, 0.15) is 0 Å². The topological polar surface area (TPSA) is 0 Å². The molecule has 0 spiro atoms. The van der Waals surface area contributed by atoms with Gasteiger partial charge < -0.3 is 0 Å². The SMILES string of the molecule is Cc1cc(C)c(B2c3ccccc3C=C(B(c3c(C)cc(C)cc3C)c3c(C)cc(C)cc3C)c3ccccc32)c(C)c1. The van der Waals surface area contributed by atoms with Crippen molar-refractivity contribution in [2.75, 3.05) is 0 Å². The average Bonchev–Trinajstić information content (AvgIpc) is 3.06. The van der Waals surface area contributed by atoms with E-state index in [0.29, 0.717) is 0 Å². The highest BCUT2D eigenvalue weighted by Gasteiger charge is 2.37. The first-order valence-electron chi connectivity index (χ1n) is 15.7. The van der Waals surface area contributed by atoms with Crippen LogP contribution in [-0.2, 0) is 0 Å². The highest BCUT2D eigenvalue weighted by molar-refractivity contribution is 7.04. The van der Waals surface area contributed by atoms with Crippen LogP contribution in [0.2, 0.25) is 0 Å². The molecule has 0 bridgehead atoms. The molecule has 6 rings (SSSR count). The predicted octanol–water partition coefficient (Wildman–Crippen LogP) is 6.68. The zero-order valence-corrected chi connectivity index (χ0v) is 27.3. The van der Waals surface area contributed by atoms with Crippen LogP contribution >= 0.6 is 0 Å². The van der Waals surface area contributed by atoms with Gasteiger partial charge in [-0.1, -0.05) is 174 Å². The molecule has 5 aromatic carbocycles.